The van der Waals surface area contributed by atoms with E-state index in [9.17, 15) is 121 Å². The van der Waals surface area contributed by atoms with Crippen LogP contribution in [0, 0.1) is 11.8 Å². The van der Waals surface area contributed by atoms with Crippen molar-refractivity contribution >= 4 is 129 Å². The number of nitrogens with two attached hydrogens (primary N) is 3. The quantitative estimate of drug-likeness (QED) is 0.0222. The number of hydrogen-bond acceptors (Lipinski definition) is 23. The first-order chi connectivity index (χ1) is 54.1. The number of nitrogens with one attached hydrogen (secondary N) is 13. The van der Waals surface area contributed by atoms with Gasteiger partial charge in [0, 0.05) is 49.8 Å². The molecule has 1 saturated heterocycles. The number of ether oxygens (including phenoxy) is 1. The predicted molar refractivity (Wildman–Crippen MR) is 402 cm³/mol. The lowest BCUT2D eigenvalue weighted by molar-refractivity contribution is -0.159. The van der Waals surface area contributed by atoms with Crippen LogP contribution >= 0.6 is 0 Å². The zero-order chi connectivity index (χ0) is 86.5. The fourth-order valence-electron chi connectivity index (χ4n) is 11.7. The normalized spacial score (nSPS) is 21.9. The topological polar surface area (TPSA) is 693 Å². The summed E-state index contributed by atoms with van der Waals surface area (Å²) in [7, 11) is 0.935. The van der Waals surface area contributed by atoms with Gasteiger partial charge in [0.25, 0.3) is 0 Å². The number of carboxylic acid groups (broad SMARTS) is 4. The van der Waals surface area contributed by atoms with Crippen LogP contribution in [-0.4, -0.2) is 259 Å². The fraction of sp³-hybridized carbons (Fsp3) is 0.611. The maximum absolute atomic E-state index is 14.9. The van der Waals surface area contributed by atoms with Crippen molar-refractivity contribution in [3.05, 3.63) is 36.0 Å². The lowest BCUT2D eigenvalue weighted by atomic mass is 9.98. The van der Waals surface area contributed by atoms with E-state index >= 15 is 0 Å². The lowest BCUT2D eigenvalue weighted by Crippen LogP contribution is -2.62. The van der Waals surface area contributed by atoms with E-state index in [0.717, 1.165) is 46.6 Å². The number of carbonyl (C=O) groups excluding carboxylic acids is 16. The molecule has 0 bridgehead atoms. The summed E-state index contributed by atoms with van der Waals surface area (Å²) >= 11 is 0. The molecule has 0 saturated carbocycles. The highest BCUT2D eigenvalue weighted by molar-refractivity contribution is 6.02. The van der Waals surface area contributed by atoms with E-state index < -0.39 is 267 Å². The molecule has 2 aromatic rings. The molecule has 2 heterocycles. The Morgan fingerprint density at radius 2 is 1.17 bits per heavy atom. The summed E-state index contributed by atoms with van der Waals surface area (Å²) < 4.78 is 5.78. The van der Waals surface area contributed by atoms with Gasteiger partial charge in [-0.25, -0.2) is 9.59 Å². The number of H-pyrrole nitrogens is 1. The van der Waals surface area contributed by atoms with Gasteiger partial charge in [-0.1, -0.05) is 84.4 Å². The van der Waals surface area contributed by atoms with Gasteiger partial charge < -0.3 is 121 Å². The third kappa shape index (κ3) is 34.1. The summed E-state index contributed by atoms with van der Waals surface area (Å²) in [5, 5.41) is 77.1. The van der Waals surface area contributed by atoms with Gasteiger partial charge in [0.1, 0.15) is 72.6 Å². The molecule has 638 valence electrons. The molecule has 0 unspecified atom stereocenters. The molecule has 1 aromatic carbocycles. The number of rotatable bonds is 37. The molecule has 1 aliphatic heterocycles. The molecule has 15 atom stereocenters. The van der Waals surface area contributed by atoms with Gasteiger partial charge in [0.2, 0.25) is 88.6 Å². The monoisotopic (exact) mass is 1630 g/mol. The number of aliphatic hydroxyl groups excluding tert-OH is 1. The minimum Gasteiger partial charge on any atom is -0.481 e. The van der Waals surface area contributed by atoms with Crippen molar-refractivity contribution in [2.24, 2.45) is 29.0 Å². The molecule has 43 nitrogen and oxygen atoms in total. The first kappa shape index (κ1) is 97.3. The Morgan fingerprint density at radius 1 is 0.583 bits per heavy atom. The van der Waals surface area contributed by atoms with Gasteiger partial charge in [-0.15, -0.1) is 0 Å². The van der Waals surface area contributed by atoms with Gasteiger partial charge >= 0.3 is 29.8 Å². The first-order valence-corrected chi connectivity index (χ1v) is 37.5. The Morgan fingerprint density at radius 3 is 1.76 bits per heavy atom. The van der Waals surface area contributed by atoms with Crippen molar-refractivity contribution in [1.82, 2.24) is 73.7 Å². The summed E-state index contributed by atoms with van der Waals surface area (Å²) in [4.78, 5) is 276. The number of aromatic amines is 1. The second-order valence-corrected chi connectivity index (χ2v) is 28.1. The number of likely N-dealkylation sites (N-methyl/N-ethyl adjacent to an activating group) is 1. The van der Waals surface area contributed by atoms with Crippen molar-refractivity contribution in [2.45, 2.75) is 242 Å². The smallest absolute Gasteiger partial charge is 0.335 e. The second-order valence-electron chi connectivity index (χ2n) is 28.1. The summed E-state index contributed by atoms with van der Waals surface area (Å²) in [6, 6.07) is -15.1. The van der Waals surface area contributed by atoms with Crippen molar-refractivity contribution in [2.75, 3.05) is 26.7 Å². The maximum Gasteiger partial charge on any atom is 0.335 e. The van der Waals surface area contributed by atoms with Crippen molar-refractivity contribution < 1.29 is 126 Å². The number of primary amides is 2. The number of aliphatic carboxylic acids is 4. The number of para-hydroxylation sites is 1. The van der Waals surface area contributed by atoms with Crippen LogP contribution in [-0.2, 0) is 107 Å². The number of hydrogen-bond donors (Lipinski definition) is 21. The van der Waals surface area contributed by atoms with E-state index in [1.54, 1.807) is 30.5 Å². The number of amides is 15. The number of carboxylic acids is 4. The third-order valence-electron chi connectivity index (χ3n) is 18.7. The fourth-order valence-corrected chi connectivity index (χ4v) is 11.7. The molecule has 0 radical (unpaired) electrons. The SMILES string of the molecule is CC[C@@H](C)CCCCCCC(=O)N[C@@H](Cc1c[nH]c2ccccc12)C(=O)N[C@H](CCC(=O)O)C(=O)N[C@@H](CC(N)=O)C(=O)N[C@@H]1C(=O)N(C)CC(=O)N[C@@H](C)C(=O)N[C@@H](CC(=O)O)C(=O)N[C@H](CCCCN)C(=O)N[C@@H]([C@@H](O)C(=O)O)C(=O)NCC(=O)N[C@H](CC(N)=O)C(=O)N[C@H](CCC(=O)O)C(=O)N[C@@H]([C@@H](C)CC)C(=O)O[C@@H]1C. The van der Waals surface area contributed by atoms with E-state index in [1.165, 1.54) is 13.8 Å². The highest BCUT2D eigenvalue weighted by atomic mass is 16.5. The van der Waals surface area contributed by atoms with E-state index in [4.69, 9.17) is 21.9 Å². The number of cyclic esters (lactones) is 1. The Labute approximate surface area is 660 Å². The molecule has 15 amide bonds. The van der Waals surface area contributed by atoms with E-state index in [0.29, 0.717) is 40.1 Å². The van der Waals surface area contributed by atoms with Crippen LogP contribution in [0.15, 0.2) is 30.5 Å². The molecule has 0 spiro atoms. The minimum absolute atomic E-state index is 0.00143. The van der Waals surface area contributed by atoms with Gasteiger partial charge in [0.05, 0.1) is 32.4 Å². The molecule has 115 heavy (non-hydrogen) atoms. The van der Waals surface area contributed by atoms with Crippen LogP contribution in [0.1, 0.15) is 163 Å². The number of carbonyl (C=O) groups is 20. The summed E-state index contributed by atoms with van der Waals surface area (Å²) in [5.74, 6) is -28.4. The highest BCUT2D eigenvalue weighted by Crippen LogP contribution is 2.21. The molecule has 24 N–H and O–H groups in total. The molecule has 3 rings (SSSR count). The zero-order valence-electron chi connectivity index (χ0n) is 65.1. The molecule has 1 aromatic heterocycles. The lowest BCUT2D eigenvalue weighted by Gasteiger charge is -2.32. The van der Waals surface area contributed by atoms with Crippen LogP contribution in [0.25, 0.3) is 10.9 Å². The summed E-state index contributed by atoms with van der Waals surface area (Å²) in [6.07, 6.45) is -5.39. The van der Waals surface area contributed by atoms with Gasteiger partial charge in [0.15, 0.2) is 6.10 Å². The Hall–Kier alpha value is -11.9. The number of aromatic nitrogens is 1. The number of fused-ring (bicyclic) bond motifs is 1. The Balaban J connectivity index is 2.24. The van der Waals surface area contributed by atoms with Crippen LogP contribution < -0.4 is 81.0 Å². The van der Waals surface area contributed by atoms with Crippen molar-refractivity contribution in [3.63, 3.8) is 0 Å². The largest absolute Gasteiger partial charge is 0.481 e. The van der Waals surface area contributed by atoms with Gasteiger partial charge in [-0.3, -0.25) is 86.3 Å². The van der Waals surface area contributed by atoms with E-state index in [2.05, 4.69) is 66.7 Å². The molecule has 0 aliphatic carbocycles. The predicted octanol–water partition coefficient (Wildman–Crippen LogP) is -5.45. The standard InChI is InChI=1S/C72H109N17O26/c1-8-35(3)18-12-10-11-13-22-51(92)79-45(28-39-32-76-41-20-15-14-19-40(39)41)65(106)82-43(23-25-54(95)96)62(103)85-47(30-50(75)91)68(109)87-58-38(6)115-72(114)57(36(4)9-2)86-64(105)44(24-26-55(97)98)83-66(107)46(29-49(74)90)80-52(93)33-77-69(110)59(60(101)71(112)113)88-63(104)42(21-16-17-27-73)81-67(108)48(31-56(99)100)84-61(102)37(5)78-53(94)34-89(7)70(58)111/h14-15,19-20,32,35-38,42-48,57-60,76,101H,8-13,16-18,21-31,33-34,73H2,1-7H3,(H2,74,90)(H2,75,91)(H,77,110)(H,78,94)(H,79,92)(H,80,93)(H,81,108)(H,82,106)(H,83,107)(H,84,102)(H,85,103)(H,86,105)(H,87,109)(H,88,104)(H,95,96)(H,97,98)(H,99,100)(H,112,113)/t35-,36+,37+,38-,42-,43-,44-,45+,46-,47+,48+,57+,58+,59+,60-/m1/s1. The molecule has 43 heteroatoms. The molecular weight excluding hydrogens is 1520 g/mol. The van der Waals surface area contributed by atoms with Crippen LogP contribution in [0.2, 0.25) is 0 Å². The number of aliphatic hydroxyl groups is 1. The number of benzene rings is 1. The number of esters is 1. The average Bonchev–Trinajstić information content (AvgIpc) is 1.64. The van der Waals surface area contributed by atoms with E-state index in [-0.39, 0.29) is 38.6 Å². The van der Waals surface area contributed by atoms with Crippen molar-refractivity contribution in [3.8, 4) is 0 Å². The molecular formula is C72H109N17O26. The average molecular weight is 1630 g/mol. The Bertz CT molecular complexity index is 3820. The van der Waals surface area contributed by atoms with Gasteiger partial charge in [-0.05, 0) is 82.4 Å². The summed E-state index contributed by atoms with van der Waals surface area (Å²) in [6.45, 7) is 6.76. The van der Waals surface area contributed by atoms with E-state index in [1.807, 2.05) is 16.0 Å². The first-order valence-electron chi connectivity index (χ1n) is 37.5. The Kier molecular flexibility index (Phi) is 41.3. The van der Waals surface area contributed by atoms with Crippen LogP contribution in [0.4, 0.5) is 0 Å². The van der Waals surface area contributed by atoms with Crippen LogP contribution in [0.5, 0.6) is 0 Å². The number of unbranched alkanes of at least 4 members (excludes halogenated alkanes) is 4. The van der Waals surface area contributed by atoms with Crippen molar-refractivity contribution in [1.29, 1.82) is 0 Å². The second kappa shape index (κ2) is 48.9. The molecule has 1 aliphatic rings. The zero-order valence-corrected chi connectivity index (χ0v) is 65.1. The number of nitrogens with zero attached hydrogens (tertiary/aromatic N) is 1. The van der Waals surface area contributed by atoms with Gasteiger partial charge in [-0.2, -0.15) is 0 Å². The molecule has 1 fully saturated rings. The minimum atomic E-state index is -2.83. The third-order valence-corrected chi connectivity index (χ3v) is 18.7. The highest BCUT2D eigenvalue weighted by Gasteiger charge is 2.42. The van der Waals surface area contributed by atoms with Crippen LogP contribution in [0.3, 0.4) is 0 Å². The summed E-state index contributed by atoms with van der Waals surface area (Å²) in [5.41, 5.74) is 17.9. The maximum atomic E-state index is 14.9.